The van der Waals surface area contributed by atoms with Crippen molar-refractivity contribution in [1.29, 1.82) is 0 Å². The van der Waals surface area contributed by atoms with Gasteiger partial charge in [0.15, 0.2) is 5.52 Å². The third-order valence-electron chi connectivity index (χ3n) is 4.56. The van der Waals surface area contributed by atoms with Gasteiger partial charge in [-0.05, 0) is 54.4 Å². The van der Waals surface area contributed by atoms with Crippen molar-refractivity contribution < 1.29 is 9.78 Å². The summed E-state index contributed by atoms with van der Waals surface area (Å²) in [5.74, 6) is 0.00700. The quantitative estimate of drug-likeness (QED) is 0.562. The number of carbonyl (C=O) groups is 1. The molecule has 0 saturated carbocycles. The molecule has 27 heavy (non-hydrogen) atoms. The van der Waals surface area contributed by atoms with Crippen molar-refractivity contribution in [2.45, 2.75) is 13.8 Å². The number of hydrogen-bond acceptors (Lipinski definition) is 3. The number of imidazole rings is 1. The largest absolute Gasteiger partial charge is 0.358 e. The Morgan fingerprint density at radius 1 is 1.19 bits per heavy atom. The first-order chi connectivity index (χ1) is 12.5. The number of nitrogens with zero attached hydrogens (tertiary/aromatic N) is 2. The van der Waals surface area contributed by atoms with Crippen LogP contribution in [0.1, 0.15) is 12.6 Å². The lowest BCUT2D eigenvalue weighted by atomic mass is 10.1. The SMILES string of the molecule is CC(=O)N(C)c1ccc(Nc2cc(C)[nH]c3ccc4nc[nH+]c4c23)cc1.Cl. The number of halogens is 1. The van der Waals surface area contributed by atoms with Crippen molar-refractivity contribution in [3.63, 3.8) is 0 Å². The van der Waals surface area contributed by atoms with Gasteiger partial charge in [-0.15, -0.1) is 12.4 Å². The number of aryl methyl sites for hydroxylation is 1. The molecule has 0 atom stereocenters. The standard InChI is InChI=1S/C20H19N5O.ClH/c1-12-10-18(19-16(23-12)8-9-17-20(19)22-11-21-17)24-14-4-6-15(7-5-14)25(3)13(2)26;/h4-11,23-24H,1-3H3;1H/p+1. The summed E-state index contributed by atoms with van der Waals surface area (Å²) in [6, 6.07) is 13.9. The predicted octanol–water partition coefficient (Wildman–Crippen LogP) is 3.99. The summed E-state index contributed by atoms with van der Waals surface area (Å²) in [7, 11) is 1.77. The summed E-state index contributed by atoms with van der Waals surface area (Å²) in [6.07, 6.45) is 1.71. The summed E-state index contributed by atoms with van der Waals surface area (Å²) < 4.78 is 0. The van der Waals surface area contributed by atoms with Crippen molar-refractivity contribution in [2.75, 3.05) is 17.3 Å². The van der Waals surface area contributed by atoms with Crippen LogP contribution in [0.4, 0.5) is 17.1 Å². The van der Waals surface area contributed by atoms with Crippen LogP contribution in [-0.4, -0.2) is 22.9 Å². The summed E-state index contributed by atoms with van der Waals surface area (Å²) in [4.78, 5) is 24.1. The molecule has 1 amide bonds. The molecule has 0 fully saturated rings. The minimum atomic E-state index is 0. The lowest BCUT2D eigenvalue weighted by molar-refractivity contribution is -0.343. The van der Waals surface area contributed by atoms with Gasteiger partial charge in [-0.2, -0.15) is 0 Å². The van der Waals surface area contributed by atoms with Gasteiger partial charge in [0, 0.05) is 31.0 Å². The molecule has 0 aliphatic heterocycles. The number of aromatic amines is 2. The van der Waals surface area contributed by atoms with Gasteiger partial charge in [-0.25, -0.2) is 4.98 Å². The van der Waals surface area contributed by atoms with Crippen LogP contribution in [0.5, 0.6) is 0 Å². The Hall–Kier alpha value is -3.12. The Bertz CT molecular complexity index is 1120. The van der Waals surface area contributed by atoms with Gasteiger partial charge in [0.05, 0.1) is 16.6 Å². The summed E-state index contributed by atoms with van der Waals surface area (Å²) >= 11 is 0. The van der Waals surface area contributed by atoms with Crippen LogP contribution in [0.25, 0.3) is 21.9 Å². The second-order valence-corrected chi connectivity index (χ2v) is 6.40. The molecule has 0 bridgehead atoms. The first-order valence-electron chi connectivity index (χ1n) is 8.43. The van der Waals surface area contributed by atoms with Crippen LogP contribution in [0, 0.1) is 6.92 Å². The van der Waals surface area contributed by atoms with Crippen LogP contribution < -0.4 is 15.2 Å². The first-order valence-corrected chi connectivity index (χ1v) is 8.43. The summed E-state index contributed by atoms with van der Waals surface area (Å²) in [6.45, 7) is 3.59. The number of benzene rings is 2. The number of H-pyrrole nitrogens is 2. The Labute approximate surface area is 163 Å². The molecule has 0 spiro atoms. The average Bonchev–Trinajstić information content (AvgIpc) is 3.10. The number of nitrogens with one attached hydrogen (secondary N) is 3. The van der Waals surface area contributed by atoms with Gasteiger partial charge < -0.3 is 15.2 Å². The predicted molar refractivity (Wildman–Crippen MR) is 111 cm³/mol. The smallest absolute Gasteiger partial charge is 0.285 e. The fraction of sp³-hybridized carbons (Fsp3) is 0.150. The number of carbonyl (C=O) groups excluding carboxylic acids is 1. The number of pyridine rings is 1. The van der Waals surface area contributed by atoms with Gasteiger partial charge in [-0.1, -0.05) is 0 Å². The number of anilines is 3. The van der Waals surface area contributed by atoms with Gasteiger partial charge in [0.25, 0.3) is 6.33 Å². The molecule has 3 N–H and O–H groups in total. The average molecular weight is 383 g/mol. The molecule has 2 aromatic carbocycles. The number of fused-ring (bicyclic) bond motifs is 3. The van der Waals surface area contributed by atoms with E-state index in [9.17, 15) is 4.79 Å². The maximum atomic E-state index is 11.5. The van der Waals surface area contributed by atoms with Gasteiger partial charge >= 0.3 is 0 Å². The maximum absolute atomic E-state index is 11.5. The van der Waals surface area contributed by atoms with E-state index >= 15 is 0 Å². The van der Waals surface area contributed by atoms with Crippen molar-refractivity contribution >= 4 is 57.3 Å². The van der Waals surface area contributed by atoms with E-state index in [1.54, 1.807) is 25.2 Å². The van der Waals surface area contributed by atoms with Crippen molar-refractivity contribution in [3.8, 4) is 0 Å². The van der Waals surface area contributed by atoms with E-state index in [4.69, 9.17) is 0 Å². The Morgan fingerprint density at radius 2 is 1.93 bits per heavy atom. The zero-order chi connectivity index (χ0) is 18.3. The van der Waals surface area contributed by atoms with E-state index in [-0.39, 0.29) is 18.3 Å². The number of amides is 1. The van der Waals surface area contributed by atoms with E-state index < -0.39 is 0 Å². The lowest BCUT2D eigenvalue weighted by Crippen LogP contribution is -2.22. The van der Waals surface area contributed by atoms with Gasteiger partial charge in [-0.3, -0.25) is 4.79 Å². The highest BCUT2D eigenvalue weighted by molar-refractivity contribution is 6.08. The summed E-state index contributed by atoms with van der Waals surface area (Å²) in [5, 5.41) is 4.56. The molecule has 2 aromatic heterocycles. The number of hydrogen-bond donors (Lipinski definition) is 2. The minimum absolute atomic E-state index is 0. The number of rotatable bonds is 3. The van der Waals surface area contributed by atoms with Crippen molar-refractivity contribution in [1.82, 2.24) is 9.97 Å². The second kappa shape index (κ2) is 7.25. The topological polar surface area (TPSA) is 75.2 Å². The molecule has 7 heteroatoms. The van der Waals surface area contributed by atoms with E-state index in [2.05, 4.69) is 26.3 Å². The molecule has 6 nitrogen and oxygen atoms in total. The monoisotopic (exact) mass is 382 g/mol. The van der Waals surface area contributed by atoms with Crippen molar-refractivity contribution in [2.24, 2.45) is 0 Å². The van der Waals surface area contributed by atoms with Crippen LogP contribution in [0.15, 0.2) is 48.8 Å². The molecule has 0 aliphatic carbocycles. The van der Waals surface area contributed by atoms with Gasteiger partial charge in [0.2, 0.25) is 11.4 Å². The zero-order valence-corrected chi connectivity index (χ0v) is 16.1. The molecule has 4 rings (SSSR count). The second-order valence-electron chi connectivity index (χ2n) is 6.40. The minimum Gasteiger partial charge on any atom is -0.358 e. The van der Waals surface area contributed by atoms with E-state index in [0.717, 1.165) is 44.7 Å². The van der Waals surface area contributed by atoms with Crippen LogP contribution in [-0.2, 0) is 4.79 Å². The Balaban J connectivity index is 0.00000210. The Morgan fingerprint density at radius 3 is 2.63 bits per heavy atom. The molecule has 0 saturated heterocycles. The highest BCUT2D eigenvalue weighted by Gasteiger charge is 2.14. The highest BCUT2D eigenvalue weighted by Crippen LogP contribution is 2.31. The molecule has 0 unspecified atom stereocenters. The number of aromatic nitrogens is 3. The summed E-state index contributed by atoms with van der Waals surface area (Å²) in [5.41, 5.74) is 6.84. The third-order valence-corrected chi connectivity index (χ3v) is 4.56. The molecule has 2 heterocycles. The van der Waals surface area contributed by atoms with Crippen molar-refractivity contribution in [3.05, 3.63) is 54.5 Å². The van der Waals surface area contributed by atoms with Gasteiger partial charge in [0.1, 0.15) is 0 Å². The molecular weight excluding hydrogens is 362 g/mol. The lowest BCUT2D eigenvalue weighted by Gasteiger charge is -2.16. The zero-order valence-electron chi connectivity index (χ0n) is 15.3. The fourth-order valence-electron chi connectivity index (χ4n) is 3.14. The van der Waals surface area contributed by atoms with Crippen LogP contribution >= 0.6 is 12.4 Å². The highest BCUT2D eigenvalue weighted by atomic mass is 35.5. The first kappa shape index (κ1) is 18.7. The van der Waals surface area contributed by atoms with Crippen LogP contribution in [0.2, 0.25) is 0 Å². The molecule has 4 aromatic rings. The molecule has 0 radical (unpaired) electrons. The molecular formula is C20H21ClN5O+. The Kier molecular flexibility index (Phi) is 5.01. The van der Waals surface area contributed by atoms with E-state index in [1.165, 1.54) is 0 Å². The third kappa shape index (κ3) is 3.44. The molecule has 138 valence electrons. The normalized spacial score (nSPS) is 10.6. The van der Waals surface area contributed by atoms with E-state index in [0.29, 0.717) is 0 Å². The molecule has 0 aliphatic rings. The maximum Gasteiger partial charge on any atom is 0.285 e. The van der Waals surface area contributed by atoms with Crippen LogP contribution in [0.3, 0.4) is 0 Å². The van der Waals surface area contributed by atoms with E-state index in [1.807, 2.05) is 43.3 Å². The fourth-order valence-corrected chi connectivity index (χ4v) is 3.14.